The SMILES string of the molecule is CC(C)c1nc([C@H]2CC(=O)Nc3c2c(C(C)(C)C)nn3C)co1. The van der Waals surface area contributed by atoms with Gasteiger partial charge in [0.2, 0.25) is 5.91 Å². The molecule has 124 valence electrons. The number of nitrogens with zero attached hydrogens (tertiary/aromatic N) is 3. The summed E-state index contributed by atoms with van der Waals surface area (Å²) in [6, 6.07) is 0. The molecule has 0 fully saturated rings. The minimum absolute atomic E-state index is 0.0138. The number of anilines is 1. The Bertz CT molecular complexity index is 749. The lowest BCUT2D eigenvalue weighted by Crippen LogP contribution is -2.26. The Labute approximate surface area is 136 Å². The third-order valence-corrected chi connectivity index (χ3v) is 4.18. The van der Waals surface area contributed by atoms with Crippen LogP contribution in [0.2, 0.25) is 0 Å². The molecule has 0 saturated carbocycles. The maximum Gasteiger partial charge on any atom is 0.226 e. The van der Waals surface area contributed by atoms with E-state index in [-0.39, 0.29) is 23.2 Å². The number of hydrogen-bond acceptors (Lipinski definition) is 4. The minimum atomic E-state index is -0.115. The molecule has 0 radical (unpaired) electrons. The monoisotopic (exact) mass is 316 g/mol. The second kappa shape index (κ2) is 5.22. The zero-order chi connectivity index (χ0) is 16.9. The van der Waals surface area contributed by atoms with Crippen LogP contribution in [0.5, 0.6) is 0 Å². The first-order valence-corrected chi connectivity index (χ1v) is 8.01. The average molecular weight is 316 g/mol. The van der Waals surface area contributed by atoms with Crippen LogP contribution in [-0.4, -0.2) is 20.7 Å². The number of carbonyl (C=O) groups is 1. The van der Waals surface area contributed by atoms with Crippen molar-refractivity contribution in [3.05, 3.63) is 29.1 Å². The van der Waals surface area contributed by atoms with Gasteiger partial charge >= 0.3 is 0 Å². The zero-order valence-corrected chi connectivity index (χ0v) is 14.6. The Morgan fingerprint density at radius 2 is 2.09 bits per heavy atom. The van der Waals surface area contributed by atoms with Crippen LogP contribution in [-0.2, 0) is 17.3 Å². The Morgan fingerprint density at radius 1 is 1.39 bits per heavy atom. The highest BCUT2D eigenvalue weighted by atomic mass is 16.3. The number of nitrogens with one attached hydrogen (secondary N) is 1. The molecule has 0 unspecified atom stereocenters. The standard InChI is InChI=1S/C17H24N4O2/c1-9(2)16-18-11(8-23-16)10-7-12(22)19-15-13(10)14(17(3,4)5)20-21(15)6/h8-10H,7H2,1-6H3,(H,19,22)/t10-/m1/s1. The molecule has 1 aliphatic rings. The number of carbonyl (C=O) groups excluding carboxylic acids is 1. The van der Waals surface area contributed by atoms with Gasteiger partial charge in [0.05, 0.1) is 11.4 Å². The van der Waals surface area contributed by atoms with Gasteiger partial charge in [0.25, 0.3) is 0 Å². The average Bonchev–Trinajstić information content (AvgIpc) is 3.03. The third kappa shape index (κ3) is 2.66. The summed E-state index contributed by atoms with van der Waals surface area (Å²) in [6.45, 7) is 10.5. The summed E-state index contributed by atoms with van der Waals surface area (Å²) in [6.07, 6.45) is 2.05. The summed E-state index contributed by atoms with van der Waals surface area (Å²) < 4.78 is 7.35. The van der Waals surface area contributed by atoms with Crippen LogP contribution in [0.1, 0.15) is 75.7 Å². The lowest BCUT2D eigenvalue weighted by molar-refractivity contribution is -0.116. The second-order valence-electron chi connectivity index (χ2n) is 7.55. The van der Waals surface area contributed by atoms with Crippen LogP contribution in [0.3, 0.4) is 0 Å². The van der Waals surface area contributed by atoms with Crippen molar-refractivity contribution in [2.45, 2.75) is 58.3 Å². The van der Waals surface area contributed by atoms with E-state index in [4.69, 9.17) is 4.42 Å². The first kappa shape index (κ1) is 15.8. The van der Waals surface area contributed by atoms with Gasteiger partial charge in [-0.15, -0.1) is 0 Å². The van der Waals surface area contributed by atoms with Gasteiger partial charge in [0, 0.05) is 36.3 Å². The van der Waals surface area contributed by atoms with E-state index in [2.05, 4.69) is 36.2 Å². The van der Waals surface area contributed by atoms with Gasteiger partial charge in [-0.1, -0.05) is 34.6 Å². The smallest absolute Gasteiger partial charge is 0.226 e. The van der Waals surface area contributed by atoms with Gasteiger partial charge in [0.15, 0.2) is 5.89 Å². The van der Waals surface area contributed by atoms with Crippen molar-refractivity contribution in [3.8, 4) is 0 Å². The molecule has 3 rings (SSSR count). The normalized spacial score (nSPS) is 18.2. The van der Waals surface area contributed by atoms with Gasteiger partial charge in [-0.2, -0.15) is 5.10 Å². The maximum absolute atomic E-state index is 12.2. The summed E-state index contributed by atoms with van der Waals surface area (Å²) in [4.78, 5) is 16.8. The van der Waals surface area contributed by atoms with Crippen molar-refractivity contribution >= 4 is 11.7 Å². The van der Waals surface area contributed by atoms with E-state index in [1.54, 1.807) is 10.9 Å². The Kier molecular flexibility index (Phi) is 3.58. The van der Waals surface area contributed by atoms with Gasteiger partial charge < -0.3 is 9.73 Å². The van der Waals surface area contributed by atoms with E-state index in [0.29, 0.717) is 12.3 Å². The van der Waals surface area contributed by atoms with E-state index in [1.807, 2.05) is 20.9 Å². The molecule has 1 aliphatic heterocycles. The Morgan fingerprint density at radius 3 is 2.65 bits per heavy atom. The molecule has 1 N–H and O–H groups in total. The van der Waals surface area contributed by atoms with Crippen molar-refractivity contribution in [2.75, 3.05) is 5.32 Å². The molecule has 6 nitrogen and oxygen atoms in total. The highest BCUT2D eigenvalue weighted by Crippen LogP contribution is 2.42. The van der Waals surface area contributed by atoms with Crippen LogP contribution < -0.4 is 5.32 Å². The topological polar surface area (TPSA) is 73.0 Å². The Balaban J connectivity index is 2.15. The lowest BCUT2D eigenvalue weighted by atomic mass is 9.81. The molecular weight excluding hydrogens is 292 g/mol. The van der Waals surface area contributed by atoms with E-state index >= 15 is 0 Å². The number of hydrogen-bond donors (Lipinski definition) is 1. The molecule has 6 heteroatoms. The largest absolute Gasteiger partial charge is 0.448 e. The number of rotatable bonds is 2. The molecule has 0 aromatic carbocycles. The molecule has 3 heterocycles. The molecule has 23 heavy (non-hydrogen) atoms. The summed E-state index contributed by atoms with van der Waals surface area (Å²) in [7, 11) is 1.86. The first-order chi connectivity index (χ1) is 10.7. The third-order valence-electron chi connectivity index (χ3n) is 4.18. The molecule has 0 aliphatic carbocycles. The predicted molar refractivity (Wildman–Crippen MR) is 87.6 cm³/mol. The summed E-state index contributed by atoms with van der Waals surface area (Å²) >= 11 is 0. The van der Waals surface area contributed by atoms with Crippen molar-refractivity contribution in [2.24, 2.45) is 7.05 Å². The van der Waals surface area contributed by atoms with Crippen molar-refractivity contribution in [1.82, 2.24) is 14.8 Å². The molecule has 0 spiro atoms. The van der Waals surface area contributed by atoms with Crippen molar-refractivity contribution in [1.29, 1.82) is 0 Å². The second-order valence-corrected chi connectivity index (χ2v) is 7.55. The molecule has 0 bridgehead atoms. The van der Waals surface area contributed by atoms with Gasteiger partial charge in [-0.05, 0) is 0 Å². The predicted octanol–water partition coefficient (Wildman–Crippen LogP) is 3.30. The Hall–Kier alpha value is -2.11. The van der Waals surface area contributed by atoms with Crippen LogP contribution in [0.25, 0.3) is 0 Å². The maximum atomic E-state index is 12.2. The minimum Gasteiger partial charge on any atom is -0.448 e. The highest BCUT2D eigenvalue weighted by Gasteiger charge is 2.37. The quantitative estimate of drug-likeness (QED) is 0.922. The molecule has 1 amide bonds. The summed E-state index contributed by atoms with van der Waals surface area (Å²) in [5.41, 5.74) is 2.75. The highest BCUT2D eigenvalue weighted by molar-refractivity contribution is 5.94. The van der Waals surface area contributed by atoms with Crippen LogP contribution in [0.15, 0.2) is 10.7 Å². The fraction of sp³-hybridized carbons (Fsp3) is 0.588. The van der Waals surface area contributed by atoms with Gasteiger partial charge in [0.1, 0.15) is 12.1 Å². The van der Waals surface area contributed by atoms with Crippen LogP contribution in [0, 0.1) is 0 Å². The molecule has 1 atom stereocenters. The fourth-order valence-electron chi connectivity index (χ4n) is 3.02. The molecule has 2 aromatic rings. The summed E-state index contributed by atoms with van der Waals surface area (Å²) in [5, 5.41) is 7.61. The van der Waals surface area contributed by atoms with E-state index < -0.39 is 0 Å². The number of aryl methyl sites for hydroxylation is 1. The lowest BCUT2D eigenvalue weighted by Gasteiger charge is -2.25. The van der Waals surface area contributed by atoms with Gasteiger partial charge in [-0.25, -0.2) is 4.98 Å². The number of amides is 1. The number of fused-ring (bicyclic) bond motifs is 1. The van der Waals surface area contributed by atoms with Crippen molar-refractivity contribution < 1.29 is 9.21 Å². The van der Waals surface area contributed by atoms with E-state index in [9.17, 15) is 4.79 Å². The fourth-order valence-corrected chi connectivity index (χ4v) is 3.02. The van der Waals surface area contributed by atoms with Gasteiger partial charge in [-0.3, -0.25) is 9.48 Å². The summed E-state index contributed by atoms with van der Waals surface area (Å²) in [5.74, 6) is 1.56. The zero-order valence-electron chi connectivity index (χ0n) is 14.6. The molecular formula is C17H24N4O2. The number of oxazole rings is 1. The number of aromatic nitrogens is 3. The van der Waals surface area contributed by atoms with Crippen LogP contribution >= 0.6 is 0 Å². The van der Waals surface area contributed by atoms with Crippen LogP contribution in [0.4, 0.5) is 5.82 Å². The first-order valence-electron chi connectivity index (χ1n) is 8.01. The van der Waals surface area contributed by atoms with E-state index in [1.165, 1.54) is 0 Å². The molecule has 2 aromatic heterocycles. The van der Waals surface area contributed by atoms with E-state index in [0.717, 1.165) is 22.8 Å². The van der Waals surface area contributed by atoms with Crippen molar-refractivity contribution in [3.63, 3.8) is 0 Å². The molecule has 0 saturated heterocycles.